The molecule has 2 heterocycles. The highest BCUT2D eigenvalue weighted by Gasteiger charge is 2.28. The minimum Gasteiger partial charge on any atom is -0.478 e. The van der Waals surface area contributed by atoms with Crippen LogP contribution in [0.3, 0.4) is 0 Å². The molecular formula is C25H35N5O5. The number of hydrogen-bond donors (Lipinski definition) is 1. The van der Waals surface area contributed by atoms with Gasteiger partial charge in [-0.2, -0.15) is 4.98 Å². The van der Waals surface area contributed by atoms with E-state index in [2.05, 4.69) is 22.0 Å². The predicted molar refractivity (Wildman–Crippen MR) is 134 cm³/mol. The van der Waals surface area contributed by atoms with Crippen molar-refractivity contribution in [3.05, 3.63) is 51.6 Å². The lowest BCUT2D eigenvalue weighted by molar-refractivity contribution is -0.383. The van der Waals surface area contributed by atoms with Gasteiger partial charge in [0.15, 0.2) is 0 Å². The van der Waals surface area contributed by atoms with E-state index in [-0.39, 0.29) is 42.8 Å². The third-order valence-corrected chi connectivity index (χ3v) is 5.87. The summed E-state index contributed by atoms with van der Waals surface area (Å²) >= 11 is 0. The molecule has 1 aliphatic rings. The van der Waals surface area contributed by atoms with Gasteiger partial charge < -0.3 is 20.1 Å². The van der Waals surface area contributed by atoms with E-state index >= 15 is 0 Å². The van der Waals surface area contributed by atoms with Crippen LogP contribution in [0.25, 0.3) is 0 Å². The maximum absolute atomic E-state index is 12.4. The van der Waals surface area contributed by atoms with Gasteiger partial charge in [-0.25, -0.2) is 0 Å². The first-order valence-electron chi connectivity index (χ1n) is 12.2. The molecule has 10 nitrogen and oxygen atoms in total. The Kier molecular flexibility index (Phi) is 9.66. The first-order valence-corrected chi connectivity index (χ1v) is 12.2. The molecule has 0 saturated carbocycles. The number of ether oxygens (including phenoxy) is 2. The summed E-state index contributed by atoms with van der Waals surface area (Å²) < 4.78 is 10.8. The second-order valence-corrected chi connectivity index (χ2v) is 8.63. The number of nitrogens with zero attached hydrogens (tertiary/aromatic N) is 4. The molecule has 0 spiro atoms. The van der Waals surface area contributed by atoms with Crippen LogP contribution in [0.5, 0.6) is 5.88 Å². The first kappa shape index (κ1) is 26.2. The number of rotatable bonds is 13. The Hall–Kier alpha value is -3.40. The van der Waals surface area contributed by atoms with Crippen LogP contribution < -0.4 is 15.4 Å². The number of nitrogen functional groups attached to an aromatic ring is 1. The summed E-state index contributed by atoms with van der Waals surface area (Å²) in [5, 5.41) is 11.9. The lowest BCUT2D eigenvalue weighted by atomic mass is 10.1. The number of esters is 1. The first-order chi connectivity index (χ1) is 16.9. The van der Waals surface area contributed by atoms with E-state index in [1.807, 2.05) is 19.1 Å². The summed E-state index contributed by atoms with van der Waals surface area (Å²) in [4.78, 5) is 31.8. The molecule has 0 unspecified atom stereocenters. The average Bonchev–Trinajstić information content (AvgIpc) is 3.32. The molecular weight excluding hydrogens is 450 g/mol. The van der Waals surface area contributed by atoms with Gasteiger partial charge in [0.05, 0.1) is 18.1 Å². The van der Waals surface area contributed by atoms with Gasteiger partial charge in [-0.1, -0.05) is 37.6 Å². The minimum absolute atomic E-state index is 0.170. The molecule has 1 aromatic carbocycles. The number of nitro groups is 1. The largest absolute Gasteiger partial charge is 0.478 e. The Morgan fingerprint density at radius 2 is 1.89 bits per heavy atom. The summed E-state index contributed by atoms with van der Waals surface area (Å²) in [6.07, 6.45) is 4.21. The summed E-state index contributed by atoms with van der Waals surface area (Å²) in [5.74, 6) is -0.559. The van der Waals surface area contributed by atoms with Crippen molar-refractivity contribution in [3.8, 4) is 5.88 Å². The number of aromatic nitrogens is 1. The number of hydrogen-bond acceptors (Lipinski definition) is 9. The Labute approximate surface area is 206 Å². The second kappa shape index (κ2) is 12.9. The van der Waals surface area contributed by atoms with E-state index in [4.69, 9.17) is 15.2 Å². The highest BCUT2D eigenvalue weighted by molar-refractivity contribution is 5.80. The zero-order valence-electron chi connectivity index (χ0n) is 20.6. The number of unbranched alkanes of at least 4 members (excludes halogenated alkanes) is 1. The van der Waals surface area contributed by atoms with Crippen molar-refractivity contribution >= 4 is 23.2 Å². The summed E-state index contributed by atoms with van der Waals surface area (Å²) in [7, 11) is 0. The molecule has 1 aromatic heterocycles. The van der Waals surface area contributed by atoms with Crippen molar-refractivity contribution in [2.24, 2.45) is 0 Å². The van der Waals surface area contributed by atoms with Crippen molar-refractivity contribution in [2.75, 3.05) is 43.5 Å². The highest BCUT2D eigenvalue weighted by atomic mass is 16.6. The summed E-state index contributed by atoms with van der Waals surface area (Å²) in [5.41, 5.74) is 7.88. The van der Waals surface area contributed by atoms with Gasteiger partial charge in [0.1, 0.15) is 12.2 Å². The topological polar surface area (TPSA) is 124 Å². The quantitative estimate of drug-likeness (QED) is 0.194. The van der Waals surface area contributed by atoms with E-state index in [9.17, 15) is 14.9 Å². The third-order valence-electron chi connectivity index (χ3n) is 5.87. The van der Waals surface area contributed by atoms with Crippen LogP contribution in [-0.4, -0.2) is 53.6 Å². The standard InChI is InChI=1S/C25H35N5O5/c1-3-5-14-35-22-15-21(24(30(32)33)25(26)27-22)29(18-23(31)34-4-2)17-20-10-8-19(9-11-20)16-28-12-6-7-13-28/h8-11,15H,3-7,12-14,16-18H2,1-2H3,(H2,26,27). The molecule has 2 N–H and O–H groups in total. The molecule has 0 bridgehead atoms. The van der Waals surface area contributed by atoms with Crippen molar-refractivity contribution < 1.29 is 19.2 Å². The normalized spacial score (nSPS) is 13.5. The monoisotopic (exact) mass is 485 g/mol. The molecule has 1 aliphatic heterocycles. The van der Waals surface area contributed by atoms with Gasteiger partial charge in [0.2, 0.25) is 11.7 Å². The summed E-state index contributed by atoms with van der Waals surface area (Å²) in [6, 6.07) is 9.57. The van der Waals surface area contributed by atoms with E-state index in [1.54, 1.807) is 11.8 Å². The zero-order chi connectivity index (χ0) is 25.2. The van der Waals surface area contributed by atoms with Crippen LogP contribution in [0.1, 0.15) is 50.7 Å². The number of anilines is 2. The molecule has 1 fully saturated rings. The van der Waals surface area contributed by atoms with Gasteiger partial charge in [-0.15, -0.1) is 0 Å². The van der Waals surface area contributed by atoms with Crippen LogP contribution in [-0.2, 0) is 22.6 Å². The molecule has 1 saturated heterocycles. The van der Waals surface area contributed by atoms with Crippen molar-refractivity contribution in [1.29, 1.82) is 0 Å². The third kappa shape index (κ3) is 7.54. The Morgan fingerprint density at radius 3 is 2.51 bits per heavy atom. The van der Waals surface area contributed by atoms with Crippen molar-refractivity contribution in [2.45, 2.75) is 52.6 Å². The van der Waals surface area contributed by atoms with E-state index in [1.165, 1.54) is 24.5 Å². The van der Waals surface area contributed by atoms with Gasteiger partial charge in [0, 0.05) is 19.2 Å². The maximum atomic E-state index is 12.4. The number of benzene rings is 1. The second-order valence-electron chi connectivity index (χ2n) is 8.63. The lowest BCUT2D eigenvalue weighted by Gasteiger charge is -2.24. The fourth-order valence-corrected chi connectivity index (χ4v) is 4.10. The smallest absolute Gasteiger partial charge is 0.334 e. The van der Waals surface area contributed by atoms with Crippen LogP contribution in [0, 0.1) is 10.1 Å². The van der Waals surface area contributed by atoms with E-state index in [0.717, 1.165) is 38.0 Å². The Bertz CT molecular complexity index is 992. The van der Waals surface area contributed by atoms with E-state index in [0.29, 0.717) is 6.61 Å². The maximum Gasteiger partial charge on any atom is 0.334 e. The number of carbonyl (C=O) groups excluding carboxylic acids is 1. The molecule has 2 aromatic rings. The number of nitrogens with two attached hydrogens (primary N) is 1. The number of likely N-dealkylation sites (tertiary alicyclic amines) is 1. The highest BCUT2D eigenvalue weighted by Crippen LogP contribution is 2.36. The molecule has 10 heteroatoms. The van der Waals surface area contributed by atoms with Gasteiger partial charge in [0.25, 0.3) is 0 Å². The van der Waals surface area contributed by atoms with Gasteiger partial charge in [-0.3, -0.25) is 19.8 Å². The summed E-state index contributed by atoms with van der Waals surface area (Å²) in [6.45, 7) is 7.58. The van der Waals surface area contributed by atoms with Crippen molar-refractivity contribution in [1.82, 2.24) is 9.88 Å². The molecule has 0 radical (unpaired) electrons. The molecule has 0 amide bonds. The fraction of sp³-hybridized carbons (Fsp3) is 0.520. The van der Waals surface area contributed by atoms with Crippen molar-refractivity contribution in [3.63, 3.8) is 0 Å². The molecule has 0 atom stereocenters. The molecule has 35 heavy (non-hydrogen) atoms. The fourth-order valence-electron chi connectivity index (χ4n) is 4.10. The van der Waals surface area contributed by atoms with Gasteiger partial charge in [-0.05, 0) is 50.4 Å². The lowest BCUT2D eigenvalue weighted by Crippen LogP contribution is -2.31. The zero-order valence-corrected chi connectivity index (χ0v) is 20.6. The van der Waals surface area contributed by atoms with Crippen LogP contribution in [0.2, 0.25) is 0 Å². The van der Waals surface area contributed by atoms with Crippen LogP contribution >= 0.6 is 0 Å². The Morgan fingerprint density at radius 1 is 1.20 bits per heavy atom. The SMILES string of the molecule is CCCCOc1cc(N(CC(=O)OCC)Cc2ccc(CN3CCCC3)cc2)c([N+](=O)[O-])c(N)n1. The number of carbonyl (C=O) groups is 1. The van der Waals surface area contributed by atoms with Crippen LogP contribution in [0.4, 0.5) is 17.2 Å². The number of pyridine rings is 1. The Balaban J connectivity index is 1.89. The minimum atomic E-state index is -0.579. The van der Waals surface area contributed by atoms with E-state index < -0.39 is 10.9 Å². The molecule has 3 rings (SSSR count). The van der Waals surface area contributed by atoms with Gasteiger partial charge >= 0.3 is 11.7 Å². The molecule has 0 aliphatic carbocycles. The van der Waals surface area contributed by atoms with Crippen LogP contribution in [0.15, 0.2) is 30.3 Å². The average molecular weight is 486 g/mol. The predicted octanol–water partition coefficient (Wildman–Crippen LogP) is 3.92. The molecule has 190 valence electrons.